The molecule has 4 atom stereocenters. The first-order valence-electron chi connectivity index (χ1n) is 23.6. The highest BCUT2D eigenvalue weighted by atomic mass is 35.7. The van der Waals surface area contributed by atoms with Crippen LogP contribution in [-0.2, 0) is 23.4 Å². The molecule has 0 unspecified atom stereocenters. The van der Waals surface area contributed by atoms with Crippen molar-refractivity contribution in [2.24, 2.45) is 5.73 Å². The van der Waals surface area contributed by atoms with Crippen LogP contribution in [0.15, 0.2) is 182 Å². The number of aliphatic hydroxyl groups is 1. The van der Waals surface area contributed by atoms with Crippen LogP contribution in [0.2, 0.25) is 10.0 Å². The van der Waals surface area contributed by atoms with E-state index in [2.05, 4.69) is 122 Å². The van der Waals surface area contributed by atoms with Crippen LogP contribution in [0, 0.1) is 0 Å². The summed E-state index contributed by atoms with van der Waals surface area (Å²) in [5.74, 6) is 1.48. The number of aliphatic hydroxyl groups excluding tert-OH is 1. The van der Waals surface area contributed by atoms with E-state index in [1.54, 1.807) is 0 Å². The number of fused-ring (bicyclic) bond motifs is 2. The Hall–Kier alpha value is -4.12. The third-order valence-electron chi connectivity index (χ3n) is 10.9. The average Bonchev–Trinajstić information content (AvgIpc) is 4.04. The van der Waals surface area contributed by atoms with Crippen molar-refractivity contribution in [1.29, 1.82) is 0 Å². The van der Waals surface area contributed by atoms with Crippen molar-refractivity contribution in [3.63, 3.8) is 0 Å². The molecule has 0 saturated carbocycles. The van der Waals surface area contributed by atoms with Gasteiger partial charge >= 0.3 is 0 Å². The lowest BCUT2D eigenvalue weighted by atomic mass is 10.0. The third kappa shape index (κ3) is 22.6. The molecule has 0 bridgehead atoms. The molecule has 400 valence electrons. The van der Waals surface area contributed by atoms with Crippen molar-refractivity contribution in [2.75, 3.05) is 50.8 Å². The molecule has 74 heavy (non-hydrogen) atoms. The molecule has 0 amide bonds. The summed E-state index contributed by atoms with van der Waals surface area (Å²) in [7, 11) is 1.35. The van der Waals surface area contributed by atoms with Gasteiger partial charge in [-0.15, -0.1) is 34.8 Å². The monoisotopic (exact) mass is 1160 g/mol. The van der Waals surface area contributed by atoms with Crippen LogP contribution in [-0.4, -0.2) is 81.9 Å². The first kappa shape index (κ1) is 64.2. The van der Waals surface area contributed by atoms with Gasteiger partial charge in [0.2, 0.25) is 9.05 Å². The number of nitrogens with two attached hydrogens (primary N) is 1. The summed E-state index contributed by atoms with van der Waals surface area (Å²) in [6.45, 7) is 0.972. The highest BCUT2D eigenvalue weighted by molar-refractivity contribution is 8.13. The standard InChI is InChI=1S/C18H19ClN2.C17H15Cl2N.C10H13ClO3S.C9H11ClO.CH3ClO2S.CH5N/c1-20-12-10-17(14-6-3-2-4-7-14)21-13-11-15-16(19)8-5-9-18(15)21;18-11-9-16(13-5-2-1-3-6-13)20-12-10-14-15(19)7-4-8-17(14)20;1-15(12,13)14-10(7-8-11)9-5-3-2-4-6-9;10-7-6-9(11)8-4-2-1-3-5-8;1-5(2,3)4;1-2/h2-9,11,13,17,20H,10,12H2,1H3;1-8,10,12,16H,9,11H2;2-6,10H,7-8H2,1H3;1-5,9,11H,6-7H2;1H3;2H2,1H3/t17-;16-;10-;9-;;/m0011../s1. The highest BCUT2D eigenvalue weighted by Gasteiger charge is 2.19. The van der Waals surface area contributed by atoms with Crippen LogP contribution in [0.5, 0.6) is 0 Å². The molecule has 0 saturated heterocycles. The third-order valence-corrected chi connectivity index (χ3v) is 12.8. The van der Waals surface area contributed by atoms with E-state index in [4.69, 9.17) is 62.2 Å². The Balaban J connectivity index is 0.000000255. The highest BCUT2D eigenvalue weighted by Crippen LogP contribution is 2.33. The largest absolute Gasteiger partial charge is 0.388 e. The van der Waals surface area contributed by atoms with E-state index in [9.17, 15) is 21.9 Å². The Morgan fingerprint density at radius 1 is 0.527 bits per heavy atom. The Morgan fingerprint density at radius 3 is 1.26 bits per heavy atom. The molecule has 8 aromatic rings. The Bertz CT molecular complexity index is 3000. The molecule has 8 rings (SSSR count). The zero-order valence-corrected chi connectivity index (χ0v) is 48.0. The summed E-state index contributed by atoms with van der Waals surface area (Å²) in [4.78, 5) is 0. The molecule has 4 N–H and O–H groups in total. The van der Waals surface area contributed by atoms with Gasteiger partial charge in [-0.2, -0.15) is 8.42 Å². The second-order valence-corrected chi connectivity index (χ2v) is 22.9. The van der Waals surface area contributed by atoms with E-state index < -0.39 is 31.4 Å². The second kappa shape index (κ2) is 34.5. The van der Waals surface area contributed by atoms with E-state index >= 15 is 0 Å². The van der Waals surface area contributed by atoms with Crippen LogP contribution in [0.4, 0.5) is 0 Å². The number of nitrogens with zero attached hydrogens (tertiary/aromatic N) is 2. The molecule has 18 heteroatoms. The topological polar surface area (TPSA) is 146 Å². The van der Waals surface area contributed by atoms with Gasteiger partial charge in [0, 0.05) is 61.5 Å². The Kier molecular flexibility index (Phi) is 29.9. The normalized spacial score (nSPS) is 12.6. The molecular formula is C56H66Cl6N4O6S2. The minimum absolute atomic E-state index is 0.240. The van der Waals surface area contributed by atoms with Crippen LogP contribution >= 0.6 is 68.7 Å². The predicted molar refractivity (Wildman–Crippen MR) is 315 cm³/mol. The zero-order valence-electron chi connectivity index (χ0n) is 41.8. The second-order valence-electron chi connectivity index (χ2n) is 16.3. The molecule has 10 nitrogen and oxygen atoms in total. The maximum Gasteiger partial charge on any atom is 0.264 e. The summed E-state index contributed by atoms with van der Waals surface area (Å²) >= 11 is 29.7. The van der Waals surface area contributed by atoms with E-state index in [0.29, 0.717) is 36.5 Å². The lowest BCUT2D eigenvalue weighted by Crippen LogP contribution is -2.17. The quantitative estimate of drug-likeness (QED) is 0.0464. The number of rotatable bonds is 17. The van der Waals surface area contributed by atoms with E-state index in [1.807, 2.05) is 98.0 Å². The fourth-order valence-corrected chi connectivity index (χ4v) is 9.41. The van der Waals surface area contributed by atoms with Crippen molar-refractivity contribution < 1.29 is 26.1 Å². The average molecular weight is 1170 g/mol. The summed E-state index contributed by atoms with van der Waals surface area (Å²) in [6, 6.07) is 56.7. The molecule has 0 spiro atoms. The van der Waals surface area contributed by atoms with Gasteiger partial charge in [-0.05, 0) is 105 Å². The molecular weight excluding hydrogens is 1100 g/mol. The molecule has 0 aliphatic heterocycles. The first-order chi connectivity index (χ1) is 35.5. The lowest BCUT2D eigenvalue weighted by molar-refractivity contribution is 0.174. The van der Waals surface area contributed by atoms with Gasteiger partial charge in [0.15, 0.2) is 0 Å². The number of aromatic nitrogens is 2. The van der Waals surface area contributed by atoms with Crippen LogP contribution < -0.4 is 11.1 Å². The fourth-order valence-electron chi connectivity index (χ4n) is 7.71. The van der Waals surface area contributed by atoms with Gasteiger partial charge in [-0.25, -0.2) is 8.42 Å². The summed E-state index contributed by atoms with van der Waals surface area (Å²) in [5.41, 5.74) is 11.2. The van der Waals surface area contributed by atoms with Crippen molar-refractivity contribution >= 4 is 110 Å². The van der Waals surface area contributed by atoms with Crippen LogP contribution in [0.3, 0.4) is 0 Å². The molecule has 0 radical (unpaired) electrons. The number of hydrogen-bond acceptors (Lipinski definition) is 8. The maximum atomic E-state index is 11.0. The van der Waals surface area contributed by atoms with Gasteiger partial charge in [0.25, 0.3) is 10.1 Å². The Morgan fingerprint density at radius 2 is 0.892 bits per heavy atom. The van der Waals surface area contributed by atoms with Gasteiger partial charge in [0.1, 0.15) is 6.10 Å². The van der Waals surface area contributed by atoms with Crippen molar-refractivity contribution in [3.8, 4) is 0 Å². The SMILES string of the molecule is CN.CNCC[C@@H](c1ccccc1)n1ccc2c(Cl)cccc21.CS(=O)(=O)Cl.CS(=O)(=O)O[C@H](CCCl)c1ccccc1.ClCC[C@@H](c1ccccc1)n1ccc2c(Cl)cccc21.O[C@H](CCCl)c1ccccc1. The minimum atomic E-state index is -3.45. The minimum Gasteiger partial charge on any atom is -0.388 e. The van der Waals surface area contributed by atoms with Crippen LogP contribution in [0.1, 0.15) is 72.2 Å². The van der Waals surface area contributed by atoms with Gasteiger partial charge in [-0.1, -0.05) is 157 Å². The predicted octanol–water partition coefficient (Wildman–Crippen LogP) is 14.4. The van der Waals surface area contributed by atoms with Gasteiger partial charge < -0.3 is 25.3 Å². The van der Waals surface area contributed by atoms with Crippen molar-refractivity contribution in [3.05, 3.63) is 215 Å². The summed E-state index contributed by atoms with van der Waals surface area (Å²) in [6.07, 6.45) is 8.33. The lowest BCUT2D eigenvalue weighted by Gasteiger charge is -2.21. The fraction of sp³-hybridized carbons (Fsp3) is 0.286. The van der Waals surface area contributed by atoms with Gasteiger partial charge in [0.05, 0.1) is 41.7 Å². The number of nitrogens with one attached hydrogen (secondary N) is 1. The van der Waals surface area contributed by atoms with Crippen molar-refractivity contribution in [2.45, 2.75) is 50.0 Å². The van der Waals surface area contributed by atoms with E-state index in [1.165, 1.54) is 23.7 Å². The number of benzene rings is 6. The molecule has 2 aromatic heterocycles. The smallest absolute Gasteiger partial charge is 0.264 e. The molecule has 0 aliphatic carbocycles. The van der Waals surface area contributed by atoms with E-state index in [-0.39, 0.29) is 6.04 Å². The van der Waals surface area contributed by atoms with Crippen molar-refractivity contribution in [1.82, 2.24) is 14.5 Å². The molecule has 6 aromatic carbocycles. The van der Waals surface area contributed by atoms with Gasteiger partial charge in [-0.3, -0.25) is 4.18 Å². The first-order valence-corrected chi connectivity index (χ1v) is 30.4. The number of halogens is 6. The zero-order chi connectivity index (χ0) is 54.5. The molecule has 0 fully saturated rings. The van der Waals surface area contributed by atoms with Crippen LogP contribution in [0.25, 0.3) is 21.8 Å². The number of hydrogen-bond donors (Lipinski definition) is 3. The molecule has 2 heterocycles. The summed E-state index contributed by atoms with van der Waals surface area (Å²) < 4.78 is 50.4. The summed E-state index contributed by atoms with van der Waals surface area (Å²) in [5, 5.41) is 16.5. The molecule has 0 aliphatic rings. The number of alkyl halides is 3. The van der Waals surface area contributed by atoms with E-state index in [0.717, 1.165) is 69.4 Å². The maximum absolute atomic E-state index is 11.0. The Labute approximate surface area is 467 Å².